The number of carbonyl (C=O) groups excluding carboxylic acids is 1. The van der Waals surface area contributed by atoms with E-state index in [4.69, 9.17) is 16.3 Å². The van der Waals surface area contributed by atoms with E-state index in [0.29, 0.717) is 13.2 Å². The van der Waals surface area contributed by atoms with Crippen LogP contribution in [-0.2, 0) is 9.53 Å². The fourth-order valence-corrected chi connectivity index (χ4v) is 2.17. The molecule has 4 heteroatoms. The molecule has 0 radical (unpaired) electrons. The molecule has 17 heavy (non-hydrogen) atoms. The highest BCUT2D eigenvalue weighted by Gasteiger charge is 2.22. The van der Waals surface area contributed by atoms with Crippen LogP contribution >= 0.6 is 11.6 Å². The zero-order chi connectivity index (χ0) is 12.1. The van der Waals surface area contributed by atoms with Crippen molar-refractivity contribution >= 4 is 17.5 Å². The van der Waals surface area contributed by atoms with Crippen molar-refractivity contribution in [2.75, 3.05) is 25.6 Å². The molecular weight excluding hydrogens is 238 g/mol. The molecule has 0 aliphatic carbocycles. The van der Waals surface area contributed by atoms with E-state index in [1.807, 2.05) is 30.3 Å². The molecule has 2 rings (SSSR count). The first-order valence-electron chi connectivity index (χ1n) is 5.81. The topological polar surface area (TPSA) is 29.5 Å². The number of amides is 1. The zero-order valence-electron chi connectivity index (χ0n) is 9.64. The Morgan fingerprint density at radius 1 is 1.41 bits per heavy atom. The van der Waals surface area contributed by atoms with Crippen LogP contribution in [-0.4, -0.2) is 36.4 Å². The summed E-state index contributed by atoms with van der Waals surface area (Å²) < 4.78 is 5.78. The van der Waals surface area contributed by atoms with Crippen LogP contribution in [0, 0.1) is 0 Å². The summed E-state index contributed by atoms with van der Waals surface area (Å²) in [5.74, 6) is 0.0275. The predicted molar refractivity (Wildman–Crippen MR) is 67.1 cm³/mol. The Labute approximate surface area is 106 Å². The van der Waals surface area contributed by atoms with Gasteiger partial charge < -0.3 is 9.64 Å². The van der Waals surface area contributed by atoms with Crippen LogP contribution in [0.3, 0.4) is 0 Å². The minimum Gasteiger partial charge on any atom is -0.372 e. The molecule has 1 saturated heterocycles. The summed E-state index contributed by atoms with van der Waals surface area (Å²) in [6.45, 7) is 2.01. The van der Waals surface area contributed by atoms with Gasteiger partial charge in [-0.2, -0.15) is 0 Å². The van der Waals surface area contributed by atoms with Crippen LogP contribution < -0.4 is 0 Å². The molecule has 1 atom stereocenters. The highest BCUT2D eigenvalue weighted by molar-refractivity contribution is 6.27. The van der Waals surface area contributed by atoms with Gasteiger partial charge in [-0.25, -0.2) is 0 Å². The normalized spacial score (nSPS) is 21.0. The minimum atomic E-state index is -0.0362. The van der Waals surface area contributed by atoms with E-state index in [2.05, 4.69) is 0 Å². The van der Waals surface area contributed by atoms with Gasteiger partial charge in [0, 0.05) is 13.2 Å². The van der Waals surface area contributed by atoms with Crippen LogP contribution in [0.1, 0.15) is 18.1 Å². The average Bonchev–Trinajstić information content (AvgIpc) is 2.64. The van der Waals surface area contributed by atoms with Gasteiger partial charge in [0.2, 0.25) is 5.91 Å². The molecule has 1 aromatic carbocycles. The van der Waals surface area contributed by atoms with E-state index in [1.165, 1.54) is 0 Å². The Kier molecular flexibility index (Phi) is 4.40. The molecule has 1 aromatic rings. The highest BCUT2D eigenvalue weighted by atomic mass is 35.5. The third kappa shape index (κ3) is 3.20. The molecule has 0 N–H and O–H groups in total. The number of nitrogens with zero attached hydrogens (tertiary/aromatic N) is 1. The lowest BCUT2D eigenvalue weighted by atomic mass is 10.1. The molecule has 3 nitrogen and oxygen atoms in total. The van der Waals surface area contributed by atoms with Crippen molar-refractivity contribution in [1.29, 1.82) is 0 Å². The van der Waals surface area contributed by atoms with E-state index >= 15 is 0 Å². The van der Waals surface area contributed by atoms with Gasteiger partial charge in [0.15, 0.2) is 0 Å². The fraction of sp³-hybridized carbons (Fsp3) is 0.462. The van der Waals surface area contributed by atoms with E-state index in [9.17, 15) is 4.79 Å². The van der Waals surface area contributed by atoms with Gasteiger partial charge in [0.1, 0.15) is 12.0 Å². The highest BCUT2D eigenvalue weighted by Crippen LogP contribution is 2.21. The quantitative estimate of drug-likeness (QED) is 0.757. The number of hydrogen-bond acceptors (Lipinski definition) is 2. The van der Waals surface area contributed by atoms with Crippen molar-refractivity contribution in [3.8, 4) is 0 Å². The van der Waals surface area contributed by atoms with Gasteiger partial charge in [-0.1, -0.05) is 30.3 Å². The number of hydrogen-bond donors (Lipinski definition) is 0. The molecule has 1 aliphatic rings. The Balaban J connectivity index is 2.10. The maximum Gasteiger partial charge on any atom is 0.237 e. The standard InChI is InChI=1S/C13H16ClNO2/c14-9-13(16)15-7-4-8-17-12(10-15)11-5-2-1-3-6-11/h1-3,5-6,12H,4,7-10H2. The predicted octanol–water partition coefficient (Wildman–Crippen LogP) is 2.22. The van der Waals surface area contributed by atoms with E-state index < -0.39 is 0 Å². The second-order valence-electron chi connectivity index (χ2n) is 4.10. The van der Waals surface area contributed by atoms with Gasteiger partial charge >= 0.3 is 0 Å². The largest absolute Gasteiger partial charge is 0.372 e. The number of rotatable bonds is 2. The average molecular weight is 254 g/mol. The minimum absolute atomic E-state index is 0.0157. The maximum atomic E-state index is 11.6. The van der Waals surface area contributed by atoms with Crippen LogP contribution in [0.2, 0.25) is 0 Å². The maximum absolute atomic E-state index is 11.6. The molecule has 0 saturated carbocycles. The van der Waals surface area contributed by atoms with Crippen LogP contribution in [0.5, 0.6) is 0 Å². The zero-order valence-corrected chi connectivity index (χ0v) is 10.4. The van der Waals surface area contributed by atoms with Crippen molar-refractivity contribution in [2.24, 2.45) is 0 Å². The summed E-state index contributed by atoms with van der Waals surface area (Å²) in [7, 11) is 0. The Morgan fingerprint density at radius 2 is 2.18 bits per heavy atom. The number of alkyl halides is 1. The fourth-order valence-electron chi connectivity index (χ4n) is 2.01. The molecule has 1 fully saturated rings. The summed E-state index contributed by atoms with van der Waals surface area (Å²) in [6.07, 6.45) is 0.831. The molecule has 1 unspecified atom stereocenters. The van der Waals surface area contributed by atoms with Crippen molar-refractivity contribution in [3.63, 3.8) is 0 Å². The molecule has 1 heterocycles. The molecule has 0 spiro atoms. The lowest BCUT2D eigenvalue weighted by Crippen LogP contribution is -2.35. The second-order valence-corrected chi connectivity index (χ2v) is 4.36. The van der Waals surface area contributed by atoms with Gasteiger partial charge in [0.25, 0.3) is 0 Å². The molecule has 0 bridgehead atoms. The van der Waals surface area contributed by atoms with Crippen molar-refractivity contribution in [1.82, 2.24) is 4.90 Å². The smallest absolute Gasteiger partial charge is 0.237 e. The first-order valence-corrected chi connectivity index (χ1v) is 6.35. The van der Waals surface area contributed by atoms with Crippen LogP contribution in [0.25, 0.3) is 0 Å². The second kappa shape index (κ2) is 6.03. The summed E-state index contributed by atoms with van der Waals surface area (Å²) in [6, 6.07) is 10.00. The van der Waals surface area contributed by atoms with Gasteiger partial charge in [-0.3, -0.25) is 4.79 Å². The Hall–Kier alpha value is -1.06. The molecule has 1 amide bonds. The van der Waals surface area contributed by atoms with Gasteiger partial charge in [0.05, 0.1) is 6.54 Å². The third-order valence-corrected chi connectivity index (χ3v) is 3.14. The number of ether oxygens (including phenoxy) is 1. The first kappa shape index (κ1) is 12.4. The van der Waals surface area contributed by atoms with E-state index in [1.54, 1.807) is 4.90 Å². The third-order valence-electron chi connectivity index (χ3n) is 2.92. The first-order chi connectivity index (χ1) is 8.31. The number of carbonyl (C=O) groups is 1. The summed E-state index contributed by atoms with van der Waals surface area (Å²) in [4.78, 5) is 13.4. The van der Waals surface area contributed by atoms with Crippen molar-refractivity contribution < 1.29 is 9.53 Å². The number of halogens is 1. The van der Waals surface area contributed by atoms with E-state index in [-0.39, 0.29) is 17.9 Å². The van der Waals surface area contributed by atoms with Gasteiger partial charge in [-0.05, 0) is 12.0 Å². The Morgan fingerprint density at radius 3 is 2.88 bits per heavy atom. The van der Waals surface area contributed by atoms with Crippen molar-refractivity contribution in [3.05, 3.63) is 35.9 Å². The SMILES string of the molecule is O=C(CCl)N1CCCOC(c2ccccc2)C1. The lowest BCUT2D eigenvalue weighted by molar-refractivity contribution is -0.129. The number of benzene rings is 1. The summed E-state index contributed by atoms with van der Waals surface area (Å²) in [5.41, 5.74) is 1.11. The summed E-state index contributed by atoms with van der Waals surface area (Å²) >= 11 is 5.60. The molecule has 92 valence electrons. The Bertz CT molecular complexity index is 369. The molecule has 0 aromatic heterocycles. The monoisotopic (exact) mass is 253 g/mol. The van der Waals surface area contributed by atoms with Crippen molar-refractivity contribution in [2.45, 2.75) is 12.5 Å². The lowest BCUT2D eigenvalue weighted by Gasteiger charge is -2.23. The summed E-state index contributed by atoms with van der Waals surface area (Å²) in [5, 5.41) is 0. The van der Waals surface area contributed by atoms with Crippen LogP contribution in [0.4, 0.5) is 0 Å². The molecule has 1 aliphatic heterocycles. The van der Waals surface area contributed by atoms with E-state index in [0.717, 1.165) is 18.5 Å². The van der Waals surface area contributed by atoms with Gasteiger partial charge in [-0.15, -0.1) is 11.6 Å². The molecular formula is C13H16ClNO2. The van der Waals surface area contributed by atoms with Crippen LogP contribution in [0.15, 0.2) is 30.3 Å².